The summed E-state index contributed by atoms with van der Waals surface area (Å²) in [6.07, 6.45) is 1.92. The van der Waals surface area contributed by atoms with Gasteiger partial charge in [0, 0.05) is 49.5 Å². The summed E-state index contributed by atoms with van der Waals surface area (Å²) in [5.74, 6) is -4.06. The molecule has 2 saturated heterocycles. The quantitative estimate of drug-likeness (QED) is 0.103. The minimum absolute atomic E-state index is 0.00494. The number of nitrogens with zero attached hydrogens (tertiary/aromatic N) is 1. The number of nitrogens with one attached hydrogen (secondary N) is 6. The Morgan fingerprint density at radius 2 is 1.20 bits per heavy atom. The predicted octanol–water partition coefficient (Wildman–Crippen LogP) is 1.17. The van der Waals surface area contributed by atoms with E-state index in [2.05, 4.69) is 31.6 Å². The number of aliphatic hydroxyl groups excluding tert-OH is 2. The van der Waals surface area contributed by atoms with Crippen molar-refractivity contribution >= 4 is 46.3 Å². The molecule has 3 aromatic carbocycles. The highest BCUT2D eigenvalue weighted by Crippen LogP contribution is 2.22. The maximum atomic E-state index is 14.5. The van der Waals surface area contributed by atoms with Gasteiger partial charge in [0.25, 0.3) is 0 Å². The molecule has 0 unspecified atom stereocenters. The van der Waals surface area contributed by atoms with Gasteiger partial charge in [0.15, 0.2) is 0 Å². The molecule has 0 spiro atoms. The number of aromatic nitrogens is 1. The fourth-order valence-corrected chi connectivity index (χ4v) is 7.80. The minimum Gasteiger partial charge on any atom is -0.396 e. The van der Waals surface area contributed by atoms with E-state index in [0.717, 1.165) is 22.0 Å². The van der Waals surface area contributed by atoms with Crippen LogP contribution < -0.4 is 26.6 Å². The van der Waals surface area contributed by atoms with E-state index in [9.17, 15) is 39.0 Å². The number of amides is 6. The molecule has 6 rings (SSSR count). The first-order chi connectivity index (χ1) is 28.5. The zero-order valence-electron chi connectivity index (χ0n) is 33.1. The van der Waals surface area contributed by atoms with Crippen molar-refractivity contribution in [1.29, 1.82) is 0 Å². The highest BCUT2D eigenvalue weighted by molar-refractivity contribution is 5.99. The number of H-pyrrole nitrogens is 1. The molecule has 3 heterocycles. The van der Waals surface area contributed by atoms with Crippen LogP contribution in [0.4, 0.5) is 0 Å². The molecule has 8 N–H and O–H groups in total. The van der Waals surface area contributed by atoms with Crippen LogP contribution in [-0.4, -0.2) is 111 Å². The number of aromatic amines is 1. The number of fused-ring (bicyclic) bond motifs is 2. The van der Waals surface area contributed by atoms with Crippen molar-refractivity contribution in [2.45, 2.75) is 101 Å². The number of para-hydroxylation sites is 1. The lowest BCUT2D eigenvalue weighted by atomic mass is 10.00. The van der Waals surface area contributed by atoms with Crippen molar-refractivity contribution < 1.29 is 39.0 Å². The van der Waals surface area contributed by atoms with E-state index in [0.29, 0.717) is 31.2 Å². The number of unbranched alkanes of at least 4 members (excludes halogenated alkanes) is 1. The molecule has 7 atom stereocenters. The Kier molecular flexibility index (Phi) is 14.5. The van der Waals surface area contributed by atoms with Crippen LogP contribution in [0, 0.1) is 0 Å². The van der Waals surface area contributed by atoms with Crippen molar-refractivity contribution in [2.75, 3.05) is 13.2 Å². The topological polar surface area (TPSA) is 222 Å². The summed E-state index contributed by atoms with van der Waals surface area (Å²) in [5.41, 5.74) is 2.99. The molecule has 6 amide bonds. The van der Waals surface area contributed by atoms with Crippen LogP contribution in [0.5, 0.6) is 0 Å². The van der Waals surface area contributed by atoms with Gasteiger partial charge in [-0.15, -0.1) is 0 Å². The highest BCUT2D eigenvalue weighted by atomic mass is 16.3. The Labute approximate surface area is 342 Å². The fraction of sp³-hybridized carbons (Fsp3) is 0.409. The van der Waals surface area contributed by atoms with Crippen LogP contribution in [0.3, 0.4) is 0 Å². The van der Waals surface area contributed by atoms with E-state index >= 15 is 0 Å². The van der Waals surface area contributed by atoms with Crippen molar-refractivity contribution in [1.82, 2.24) is 36.5 Å². The van der Waals surface area contributed by atoms with Crippen LogP contribution in [-0.2, 0) is 48.0 Å². The molecular formula is C44H53N7O8. The second-order valence-electron chi connectivity index (χ2n) is 15.3. The van der Waals surface area contributed by atoms with Gasteiger partial charge in [0.1, 0.15) is 36.3 Å². The van der Waals surface area contributed by atoms with Crippen LogP contribution in [0.15, 0.2) is 91.1 Å². The second-order valence-corrected chi connectivity index (χ2v) is 15.3. The Morgan fingerprint density at radius 1 is 0.644 bits per heavy atom. The Morgan fingerprint density at radius 3 is 1.86 bits per heavy atom. The number of rotatable bonds is 11. The third kappa shape index (κ3) is 10.9. The number of benzene rings is 3. The normalized spacial score (nSPS) is 24.2. The SMILES string of the molecule is C[C@@H](O)[C@@H]1NC(=O)[C@H](CCCCO)NC(=O)[C@@H](Cc2c[nH]c3ccccc23)NC(=O)[C@H](Cc2ccccc2)NC(=O)[C@@H]2CCCN2C(=O)[C@H](Cc2ccccc2)NC1=O. The lowest BCUT2D eigenvalue weighted by Crippen LogP contribution is -2.63. The zero-order valence-corrected chi connectivity index (χ0v) is 33.1. The van der Waals surface area contributed by atoms with Gasteiger partial charge < -0.3 is 46.7 Å². The molecule has 2 aliphatic heterocycles. The van der Waals surface area contributed by atoms with Crippen molar-refractivity contribution in [2.24, 2.45) is 0 Å². The number of carbonyl (C=O) groups excluding carboxylic acids is 6. The molecule has 0 saturated carbocycles. The Hall–Kier alpha value is -6.06. The van der Waals surface area contributed by atoms with Gasteiger partial charge in [-0.05, 0) is 61.8 Å². The number of hydrogen-bond donors (Lipinski definition) is 8. The first-order valence-corrected chi connectivity index (χ1v) is 20.3. The van der Waals surface area contributed by atoms with Crippen molar-refractivity contribution in [3.05, 3.63) is 108 Å². The average molecular weight is 808 g/mol. The maximum absolute atomic E-state index is 14.5. The molecule has 0 radical (unpaired) electrons. The molecule has 15 nitrogen and oxygen atoms in total. The first kappa shape index (κ1) is 42.5. The van der Waals surface area contributed by atoms with Gasteiger partial charge in [0.2, 0.25) is 35.4 Å². The number of carbonyl (C=O) groups is 6. The van der Waals surface area contributed by atoms with Crippen LogP contribution >= 0.6 is 0 Å². The zero-order chi connectivity index (χ0) is 41.9. The molecule has 0 bridgehead atoms. The average Bonchev–Trinajstić information content (AvgIpc) is 3.90. The van der Waals surface area contributed by atoms with Gasteiger partial charge in [0.05, 0.1) is 6.10 Å². The number of hydrogen-bond acceptors (Lipinski definition) is 8. The molecule has 2 fully saturated rings. The summed E-state index contributed by atoms with van der Waals surface area (Å²) in [7, 11) is 0. The van der Waals surface area contributed by atoms with Crippen molar-refractivity contribution in [3.8, 4) is 0 Å². The first-order valence-electron chi connectivity index (χ1n) is 20.3. The van der Waals surface area contributed by atoms with E-state index in [1.807, 2.05) is 60.7 Å². The largest absolute Gasteiger partial charge is 0.396 e. The van der Waals surface area contributed by atoms with E-state index in [4.69, 9.17) is 0 Å². The van der Waals surface area contributed by atoms with E-state index in [1.54, 1.807) is 30.5 Å². The molecule has 2 aliphatic rings. The molecule has 0 aliphatic carbocycles. The molecule has 312 valence electrons. The summed E-state index contributed by atoms with van der Waals surface area (Å²) in [4.78, 5) is 90.2. The van der Waals surface area contributed by atoms with Gasteiger partial charge in [-0.1, -0.05) is 78.9 Å². The molecule has 4 aromatic rings. The summed E-state index contributed by atoms with van der Waals surface area (Å²) < 4.78 is 0. The van der Waals surface area contributed by atoms with E-state index in [1.165, 1.54) is 11.8 Å². The minimum atomic E-state index is -1.54. The smallest absolute Gasteiger partial charge is 0.246 e. The third-order valence-electron chi connectivity index (χ3n) is 11.0. The Balaban J connectivity index is 1.40. The van der Waals surface area contributed by atoms with Gasteiger partial charge in [-0.2, -0.15) is 0 Å². The lowest BCUT2D eigenvalue weighted by molar-refractivity contribution is -0.143. The summed E-state index contributed by atoms with van der Waals surface area (Å²) in [6, 6.07) is 18.2. The summed E-state index contributed by atoms with van der Waals surface area (Å²) in [6.45, 7) is 1.37. The lowest BCUT2D eigenvalue weighted by Gasteiger charge is -2.32. The molecule has 15 heteroatoms. The van der Waals surface area contributed by atoms with E-state index < -0.39 is 77.8 Å². The van der Waals surface area contributed by atoms with E-state index in [-0.39, 0.29) is 38.8 Å². The van der Waals surface area contributed by atoms with Gasteiger partial charge >= 0.3 is 0 Å². The predicted molar refractivity (Wildman–Crippen MR) is 219 cm³/mol. The number of aliphatic hydroxyl groups is 2. The standard InChI is InChI=1S/C44H53N7O8/c1-27(53)38-43(58)49-36(24-29-15-6-3-7-16-29)44(59)51-21-12-20-37(51)42(57)48-34(23-28-13-4-2-5-14-28)40(55)47-35(25-30-26-45-32-18-9-8-17-31(30)32)41(56)46-33(39(54)50-38)19-10-11-22-52/h2-9,13-18,26-27,33-38,45,52-53H,10-12,19-25H2,1H3,(H,46,56)(H,47,55)(H,48,57)(H,49,58)(H,50,54)/t27-,33+,34+,35-,36+,37+,38+/m1/s1. The maximum Gasteiger partial charge on any atom is 0.246 e. The molecule has 59 heavy (non-hydrogen) atoms. The van der Waals surface area contributed by atoms with Crippen LogP contribution in [0.25, 0.3) is 10.9 Å². The highest BCUT2D eigenvalue weighted by Gasteiger charge is 2.41. The van der Waals surface area contributed by atoms with Gasteiger partial charge in [-0.3, -0.25) is 28.8 Å². The van der Waals surface area contributed by atoms with Crippen LogP contribution in [0.2, 0.25) is 0 Å². The monoisotopic (exact) mass is 807 g/mol. The fourth-order valence-electron chi connectivity index (χ4n) is 7.80. The third-order valence-corrected chi connectivity index (χ3v) is 11.0. The molecular weight excluding hydrogens is 755 g/mol. The Bertz CT molecular complexity index is 2090. The van der Waals surface area contributed by atoms with Crippen LogP contribution in [0.1, 0.15) is 55.7 Å². The molecule has 1 aromatic heterocycles. The summed E-state index contributed by atoms with van der Waals surface area (Å²) in [5, 5.41) is 35.1. The van der Waals surface area contributed by atoms with Gasteiger partial charge in [-0.25, -0.2) is 0 Å². The second kappa shape index (κ2) is 20.1. The van der Waals surface area contributed by atoms with Crippen molar-refractivity contribution in [3.63, 3.8) is 0 Å². The summed E-state index contributed by atoms with van der Waals surface area (Å²) >= 11 is 0.